The van der Waals surface area contributed by atoms with Crippen molar-refractivity contribution in [2.75, 3.05) is 6.61 Å². The van der Waals surface area contributed by atoms with Crippen molar-refractivity contribution in [3.8, 4) is 0 Å². The molecule has 1 aliphatic rings. The molecule has 2 N–H and O–H groups in total. The predicted molar refractivity (Wildman–Crippen MR) is 53.5 cm³/mol. The van der Waals surface area contributed by atoms with E-state index in [0.717, 1.165) is 32.1 Å². The maximum absolute atomic E-state index is 9.96. The summed E-state index contributed by atoms with van der Waals surface area (Å²) in [7, 11) is 0. The van der Waals surface area contributed by atoms with E-state index in [1.165, 1.54) is 12.8 Å². The molecule has 0 aromatic rings. The van der Waals surface area contributed by atoms with Crippen molar-refractivity contribution in [3.63, 3.8) is 0 Å². The number of hydrogen-bond donors (Lipinski definition) is 2. The average molecular weight is 186 g/mol. The van der Waals surface area contributed by atoms with E-state index < -0.39 is 0 Å². The van der Waals surface area contributed by atoms with Gasteiger partial charge in [-0.25, -0.2) is 0 Å². The van der Waals surface area contributed by atoms with E-state index in [2.05, 4.69) is 6.92 Å². The molecule has 0 aromatic carbocycles. The molecule has 0 heterocycles. The van der Waals surface area contributed by atoms with Gasteiger partial charge in [0, 0.05) is 5.41 Å². The summed E-state index contributed by atoms with van der Waals surface area (Å²) in [6.07, 6.45) is 7.23. The molecule has 0 bridgehead atoms. The normalized spacial score (nSPS) is 36.7. The molecule has 0 aromatic heterocycles. The molecule has 0 radical (unpaired) electrons. The fraction of sp³-hybridized carbons (Fsp3) is 1.00. The third-order valence-corrected chi connectivity index (χ3v) is 3.63. The monoisotopic (exact) mass is 186 g/mol. The molecular weight excluding hydrogens is 164 g/mol. The first-order valence-corrected chi connectivity index (χ1v) is 5.54. The van der Waals surface area contributed by atoms with Gasteiger partial charge in [0.05, 0.1) is 12.7 Å². The zero-order chi connectivity index (χ0) is 9.73. The van der Waals surface area contributed by atoms with Crippen LogP contribution in [0.3, 0.4) is 0 Å². The molecule has 1 rings (SSSR count). The second-order valence-electron chi connectivity index (χ2n) is 4.34. The highest BCUT2D eigenvalue weighted by molar-refractivity contribution is 4.86. The van der Waals surface area contributed by atoms with Crippen LogP contribution in [0, 0.1) is 5.41 Å². The average Bonchev–Trinajstić information content (AvgIpc) is 2.14. The van der Waals surface area contributed by atoms with Crippen molar-refractivity contribution in [2.24, 2.45) is 5.41 Å². The summed E-state index contributed by atoms with van der Waals surface area (Å²) in [5, 5.41) is 19.3. The highest BCUT2D eigenvalue weighted by atomic mass is 16.3. The fourth-order valence-corrected chi connectivity index (χ4v) is 2.35. The Morgan fingerprint density at radius 3 is 2.54 bits per heavy atom. The number of aliphatic hydroxyl groups is 2. The molecular formula is C11H22O2. The summed E-state index contributed by atoms with van der Waals surface area (Å²) in [6, 6.07) is 0. The molecule has 78 valence electrons. The van der Waals surface area contributed by atoms with Crippen LogP contribution in [0.5, 0.6) is 0 Å². The standard InChI is InChI=1S/C11H22O2/c1-2-11(9-12)8-6-4-3-5-7-10(11)13/h10,12-13H,2-9H2,1H3. The van der Waals surface area contributed by atoms with Crippen LogP contribution in [0.2, 0.25) is 0 Å². The van der Waals surface area contributed by atoms with Crippen LogP contribution < -0.4 is 0 Å². The smallest absolute Gasteiger partial charge is 0.0618 e. The van der Waals surface area contributed by atoms with Gasteiger partial charge in [-0.05, 0) is 19.3 Å². The Hall–Kier alpha value is -0.0800. The zero-order valence-corrected chi connectivity index (χ0v) is 8.63. The minimum Gasteiger partial charge on any atom is -0.396 e. The maximum atomic E-state index is 9.96. The van der Waals surface area contributed by atoms with Crippen LogP contribution in [0.4, 0.5) is 0 Å². The minimum atomic E-state index is -0.289. The molecule has 2 nitrogen and oxygen atoms in total. The van der Waals surface area contributed by atoms with Crippen LogP contribution >= 0.6 is 0 Å². The summed E-state index contributed by atoms with van der Waals surface area (Å²) in [5.41, 5.74) is -0.194. The highest BCUT2D eigenvalue weighted by Crippen LogP contribution is 2.36. The van der Waals surface area contributed by atoms with Crippen molar-refractivity contribution in [3.05, 3.63) is 0 Å². The van der Waals surface area contributed by atoms with Crippen LogP contribution in [0.15, 0.2) is 0 Å². The van der Waals surface area contributed by atoms with Crippen LogP contribution in [-0.2, 0) is 0 Å². The molecule has 1 fully saturated rings. The number of rotatable bonds is 2. The topological polar surface area (TPSA) is 40.5 Å². The van der Waals surface area contributed by atoms with E-state index in [1.54, 1.807) is 0 Å². The Bertz CT molecular complexity index is 141. The maximum Gasteiger partial charge on any atom is 0.0618 e. The Labute approximate surface area is 81.0 Å². The predicted octanol–water partition coefficient (Wildman–Crippen LogP) is 2.09. The molecule has 13 heavy (non-hydrogen) atoms. The van der Waals surface area contributed by atoms with Crippen LogP contribution in [0.1, 0.15) is 51.9 Å². The lowest BCUT2D eigenvalue weighted by Crippen LogP contribution is -2.38. The molecule has 1 saturated carbocycles. The summed E-state index contributed by atoms with van der Waals surface area (Å²) >= 11 is 0. The van der Waals surface area contributed by atoms with E-state index in [1.807, 2.05) is 0 Å². The van der Waals surface area contributed by atoms with Gasteiger partial charge in [-0.15, -0.1) is 0 Å². The van der Waals surface area contributed by atoms with Gasteiger partial charge in [0.15, 0.2) is 0 Å². The SMILES string of the molecule is CCC1(CO)CCCCCCC1O. The summed E-state index contributed by atoms with van der Waals surface area (Å²) in [6.45, 7) is 2.21. The van der Waals surface area contributed by atoms with Gasteiger partial charge in [0.1, 0.15) is 0 Å². The Morgan fingerprint density at radius 2 is 1.92 bits per heavy atom. The Kier molecular flexibility index (Phi) is 4.20. The Morgan fingerprint density at radius 1 is 1.23 bits per heavy atom. The molecule has 0 saturated heterocycles. The number of hydrogen-bond acceptors (Lipinski definition) is 2. The molecule has 2 unspecified atom stereocenters. The molecule has 1 aliphatic carbocycles. The van der Waals surface area contributed by atoms with E-state index in [0.29, 0.717) is 0 Å². The third kappa shape index (κ3) is 2.44. The van der Waals surface area contributed by atoms with Gasteiger partial charge in [0.2, 0.25) is 0 Å². The molecule has 0 spiro atoms. The summed E-state index contributed by atoms with van der Waals surface area (Å²) in [5.74, 6) is 0. The molecule has 2 atom stereocenters. The van der Waals surface area contributed by atoms with Crippen molar-refractivity contribution in [2.45, 2.75) is 58.0 Å². The van der Waals surface area contributed by atoms with Crippen molar-refractivity contribution >= 4 is 0 Å². The van der Waals surface area contributed by atoms with Gasteiger partial charge < -0.3 is 10.2 Å². The van der Waals surface area contributed by atoms with E-state index in [4.69, 9.17) is 0 Å². The van der Waals surface area contributed by atoms with E-state index in [9.17, 15) is 10.2 Å². The van der Waals surface area contributed by atoms with Gasteiger partial charge >= 0.3 is 0 Å². The van der Waals surface area contributed by atoms with Gasteiger partial charge in [-0.1, -0.05) is 32.6 Å². The van der Waals surface area contributed by atoms with Crippen LogP contribution in [-0.4, -0.2) is 22.9 Å². The summed E-state index contributed by atoms with van der Waals surface area (Å²) in [4.78, 5) is 0. The van der Waals surface area contributed by atoms with E-state index in [-0.39, 0.29) is 18.1 Å². The quantitative estimate of drug-likeness (QED) is 0.693. The minimum absolute atomic E-state index is 0.144. The molecule has 0 amide bonds. The van der Waals surface area contributed by atoms with Crippen LogP contribution in [0.25, 0.3) is 0 Å². The first kappa shape index (κ1) is 11.0. The largest absolute Gasteiger partial charge is 0.396 e. The first-order valence-electron chi connectivity index (χ1n) is 5.54. The fourth-order valence-electron chi connectivity index (χ4n) is 2.35. The van der Waals surface area contributed by atoms with Gasteiger partial charge in [0.25, 0.3) is 0 Å². The lowest BCUT2D eigenvalue weighted by molar-refractivity contribution is -0.0377. The highest BCUT2D eigenvalue weighted by Gasteiger charge is 2.35. The lowest BCUT2D eigenvalue weighted by atomic mass is 9.73. The third-order valence-electron chi connectivity index (χ3n) is 3.63. The van der Waals surface area contributed by atoms with Crippen molar-refractivity contribution in [1.82, 2.24) is 0 Å². The molecule has 0 aliphatic heterocycles. The number of aliphatic hydroxyl groups excluding tert-OH is 2. The van der Waals surface area contributed by atoms with E-state index >= 15 is 0 Å². The van der Waals surface area contributed by atoms with Crippen molar-refractivity contribution < 1.29 is 10.2 Å². The Balaban J connectivity index is 2.63. The lowest BCUT2D eigenvalue weighted by Gasteiger charge is -2.37. The van der Waals surface area contributed by atoms with Gasteiger partial charge in [-0.2, -0.15) is 0 Å². The zero-order valence-electron chi connectivity index (χ0n) is 8.63. The molecule has 2 heteroatoms. The van der Waals surface area contributed by atoms with Crippen molar-refractivity contribution in [1.29, 1.82) is 0 Å². The second kappa shape index (κ2) is 4.97. The van der Waals surface area contributed by atoms with Gasteiger partial charge in [-0.3, -0.25) is 0 Å². The first-order chi connectivity index (χ1) is 6.25. The summed E-state index contributed by atoms with van der Waals surface area (Å²) < 4.78 is 0. The second-order valence-corrected chi connectivity index (χ2v) is 4.34.